The monoisotopic (exact) mass is 298 g/mol. The Bertz CT molecular complexity index is 744. The van der Waals surface area contributed by atoms with E-state index in [9.17, 15) is 9.59 Å². The molecular formula is C18H22N2O2. The van der Waals surface area contributed by atoms with Gasteiger partial charge < -0.3 is 10.3 Å². The second-order valence-electron chi connectivity index (χ2n) is 6.22. The highest BCUT2D eigenvalue weighted by Crippen LogP contribution is 2.32. The number of aryl methyl sites for hydroxylation is 1. The van der Waals surface area contributed by atoms with Crippen molar-refractivity contribution < 1.29 is 4.79 Å². The second kappa shape index (κ2) is 6.34. The second-order valence-corrected chi connectivity index (χ2v) is 6.22. The maximum absolute atomic E-state index is 11.9. The minimum atomic E-state index is -0.0833. The number of fused-ring (bicyclic) bond motifs is 1. The van der Waals surface area contributed by atoms with Crippen LogP contribution in [-0.4, -0.2) is 10.9 Å². The smallest absolute Gasteiger partial charge is 0.248 e. The van der Waals surface area contributed by atoms with E-state index in [0.717, 1.165) is 41.4 Å². The van der Waals surface area contributed by atoms with Gasteiger partial charge in [-0.1, -0.05) is 19.4 Å². The summed E-state index contributed by atoms with van der Waals surface area (Å²) in [5, 5.41) is 3.99. The van der Waals surface area contributed by atoms with Gasteiger partial charge in [-0.2, -0.15) is 0 Å². The zero-order valence-electron chi connectivity index (χ0n) is 12.9. The van der Waals surface area contributed by atoms with E-state index < -0.39 is 0 Å². The molecule has 0 aliphatic heterocycles. The summed E-state index contributed by atoms with van der Waals surface area (Å²) in [7, 11) is 0. The number of aromatic amines is 1. The van der Waals surface area contributed by atoms with Crippen LogP contribution in [0.25, 0.3) is 10.9 Å². The molecule has 1 saturated carbocycles. The lowest BCUT2D eigenvalue weighted by molar-refractivity contribution is -0.116. The molecule has 1 aromatic carbocycles. The zero-order valence-corrected chi connectivity index (χ0v) is 12.9. The van der Waals surface area contributed by atoms with Gasteiger partial charge in [0.15, 0.2) is 0 Å². The number of amides is 1. The number of carbonyl (C=O) groups is 1. The summed E-state index contributed by atoms with van der Waals surface area (Å²) in [6.07, 6.45) is 6.01. The van der Waals surface area contributed by atoms with Gasteiger partial charge in [-0.3, -0.25) is 9.59 Å². The molecule has 0 spiro atoms. The fourth-order valence-electron chi connectivity index (χ4n) is 2.78. The van der Waals surface area contributed by atoms with Crippen LogP contribution >= 0.6 is 0 Å². The molecule has 1 heterocycles. The molecule has 1 aliphatic rings. The van der Waals surface area contributed by atoms with Crippen LogP contribution in [-0.2, 0) is 11.2 Å². The first-order valence-electron chi connectivity index (χ1n) is 8.11. The van der Waals surface area contributed by atoms with Crippen molar-refractivity contribution in [1.29, 1.82) is 0 Å². The summed E-state index contributed by atoms with van der Waals surface area (Å²) in [5.41, 5.74) is 2.54. The summed E-state index contributed by atoms with van der Waals surface area (Å²) >= 11 is 0. The van der Waals surface area contributed by atoms with Crippen LogP contribution in [0.3, 0.4) is 0 Å². The molecule has 116 valence electrons. The Morgan fingerprint density at radius 3 is 2.86 bits per heavy atom. The van der Waals surface area contributed by atoms with Crippen molar-refractivity contribution in [2.24, 2.45) is 5.92 Å². The fourth-order valence-corrected chi connectivity index (χ4v) is 2.78. The summed E-state index contributed by atoms with van der Waals surface area (Å²) in [6.45, 7) is 2.14. The largest absolute Gasteiger partial charge is 0.326 e. The number of hydrogen-bond acceptors (Lipinski definition) is 2. The summed E-state index contributed by atoms with van der Waals surface area (Å²) in [4.78, 5) is 26.6. The van der Waals surface area contributed by atoms with E-state index in [2.05, 4.69) is 17.2 Å². The van der Waals surface area contributed by atoms with Gasteiger partial charge in [0, 0.05) is 23.6 Å². The highest BCUT2D eigenvalue weighted by molar-refractivity contribution is 5.94. The molecule has 1 aliphatic carbocycles. The van der Waals surface area contributed by atoms with E-state index in [1.54, 1.807) is 6.07 Å². The molecule has 22 heavy (non-hydrogen) atoms. The number of pyridine rings is 1. The Morgan fingerprint density at radius 2 is 2.14 bits per heavy atom. The van der Waals surface area contributed by atoms with E-state index in [4.69, 9.17) is 0 Å². The molecule has 0 bridgehead atoms. The first-order chi connectivity index (χ1) is 10.7. The van der Waals surface area contributed by atoms with Gasteiger partial charge in [-0.15, -0.1) is 0 Å². The van der Waals surface area contributed by atoms with Gasteiger partial charge in [0.2, 0.25) is 11.5 Å². The highest BCUT2D eigenvalue weighted by Gasteiger charge is 2.24. The standard InChI is InChI=1S/C18H22N2O2/c1-2-3-4-13-10-18(22)20-16-11-14(7-8-15(13)16)19-17(21)9-12-5-6-12/h7-8,10-12H,2-6,9H2,1H3,(H,19,21)(H,20,22). The van der Waals surface area contributed by atoms with Crippen LogP contribution in [0.15, 0.2) is 29.1 Å². The predicted molar refractivity (Wildman–Crippen MR) is 89.2 cm³/mol. The topological polar surface area (TPSA) is 62.0 Å². The first kappa shape index (κ1) is 14.8. The van der Waals surface area contributed by atoms with Crippen molar-refractivity contribution in [3.05, 3.63) is 40.2 Å². The lowest BCUT2D eigenvalue weighted by Crippen LogP contribution is -2.12. The quantitative estimate of drug-likeness (QED) is 0.855. The highest BCUT2D eigenvalue weighted by atomic mass is 16.1. The maximum Gasteiger partial charge on any atom is 0.248 e. The number of benzene rings is 1. The molecule has 4 heteroatoms. The lowest BCUT2D eigenvalue weighted by atomic mass is 10.0. The van der Waals surface area contributed by atoms with Crippen LogP contribution in [0.4, 0.5) is 5.69 Å². The molecular weight excluding hydrogens is 276 g/mol. The molecule has 0 unspecified atom stereocenters. The Morgan fingerprint density at radius 1 is 1.32 bits per heavy atom. The lowest BCUT2D eigenvalue weighted by Gasteiger charge is -2.09. The number of rotatable bonds is 6. The Kier molecular flexibility index (Phi) is 4.27. The van der Waals surface area contributed by atoms with Crippen molar-refractivity contribution >= 4 is 22.5 Å². The number of unbranched alkanes of at least 4 members (excludes halogenated alkanes) is 1. The molecule has 0 atom stereocenters. The normalized spacial score (nSPS) is 14.2. The Hall–Kier alpha value is -2.10. The van der Waals surface area contributed by atoms with E-state index in [0.29, 0.717) is 12.3 Å². The number of carbonyl (C=O) groups excluding carboxylic acids is 1. The third kappa shape index (κ3) is 3.56. The molecule has 2 N–H and O–H groups in total. The molecule has 2 aromatic rings. The van der Waals surface area contributed by atoms with Gasteiger partial charge in [-0.25, -0.2) is 0 Å². The van der Waals surface area contributed by atoms with Crippen LogP contribution in [0.2, 0.25) is 0 Å². The molecule has 0 radical (unpaired) electrons. The first-order valence-corrected chi connectivity index (χ1v) is 8.11. The van der Waals surface area contributed by atoms with Crippen molar-refractivity contribution in [2.45, 2.75) is 45.4 Å². The molecule has 1 fully saturated rings. The number of nitrogens with one attached hydrogen (secondary N) is 2. The van der Waals surface area contributed by atoms with E-state index >= 15 is 0 Å². The Balaban J connectivity index is 1.85. The zero-order chi connectivity index (χ0) is 15.5. The minimum Gasteiger partial charge on any atom is -0.326 e. The van der Waals surface area contributed by atoms with E-state index in [-0.39, 0.29) is 11.5 Å². The number of anilines is 1. The van der Waals surface area contributed by atoms with Gasteiger partial charge in [0.25, 0.3) is 0 Å². The van der Waals surface area contributed by atoms with Crippen LogP contribution in [0.1, 0.15) is 44.6 Å². The number of aromatic nitrogens is 1. The molecule has 1 amide bonds. The summed E-state index contributed by atoms with van der Waals surface area (Å²) < 4.78 is 0. The SMILES string of the molecule is CCCCc1cc(=O)[nH]c2cc(NC(=O)CC3CC3)ccc12. The van der Waals surface area contributed by atoms with Crippen LogP contribution in [0.5, 0.6) is 0 Å². The van der Waals surface area contributed by atoms with Crippen molar-refractivity contribution in [3.63, 3.8) is 0 Å². The molecule has 4 nitrogen and oxygen atoms in total. The van der Waals surface area contributed by atoms with Crippen molar-refractivity contribution in [3.8, 4) is 0 Å². The Labute approximate surface area is 129 Å². The average molecular weight is 298 g/mol. The fraction of sp³-hybridized carbons (Fsp3) is 0.444. The van der Waals surface area contributed by atoms with Crippen LogP contribution in [0, 0.1) is 5.92 Å². The number of H-pyrrole nitrogens is 1. The van der Waals surface area contributed by atoms with Crippen molar-refractivity contribution in [2.75, 3.05) is 5.32 Å². The van der Waals surface area contributed by atoms with Gasteiger partial charge >= 0.3 is 0 Å². The molecule has 1 aromatic heterocycles. The summed E-state index contributed by atoms with van der Waals surface area (Å²) in [5.74, 6) is 0.632. The maximum atomic E-state index is 11.9. The summed E-state index contributed by atoms with van der Waals surface area (Å²) in [6, 6.07) is 7.45. The third-order valence-electron chi connectivity index (χ3n) is 4.18. The van der Waals surface area contributed by atoms with Gasteiger partial charge in [-0.05, 0) is 49.3 Å². The minimum absolute atomic E-state index is 0.0614. The third-order valence-corrected chi connectivity index (χ3v) is 4.18. The molecule has 3 rings (SSSR count). The van der Waals surface area contributed by atoms with Crippen molar-refractivity contribution in [1.82, 2.24) is 4.98 Å². The van der Waals surface area contributed by atoms with E-state index in [1.165, 1.54) is 12.8 Å². The predicted octanol–water partition coefficient (Wildman–Crippen LogP) is 3.61. The number of hydrogen-bond donors (Lipinski definition) is 2. The van der Waals surface area contributed by atoms with Gasteiger partial charge in [0.1, 0.15) is 0 Å². The van der Waals surface area contributed by atoms with Crippen LogP contribution < -0.4 is 10.9 Å². The average Bonchev–Trinajstić information content (AvgIpc) is 3.27. The van der Waals surface area contributed by atoms with Gasteiger partial charge in [0.05, 0.1) is 5.52 Å². The molecule has 0 saturated heterocycles. The van der Waals surface area contributed by atoms with E-state index in [1.807, 2.05) is 18.2 Å².